The predicted octanol–water partition coefficient (Wildman–Crippen LogP) is 3.46. The Bertz CT molecular complexity index is 667. The predicted molar refractivity (Wildman–Crippen MR) is 81.2 cm³/mol. The molecular weight excluding hydrogens is 276 g/mol. The molecule has 0 bridgehead atoms. The molecule has 2 heterocycles. The van der Waals surface area contributed by atoms with Crippen molar-refractivity contribution in [2.75, 3.05) is 0 Å². The van der Waals surface area contributed by atoms with Crippen molar-refractivity contribution in [1.82, 2.24) is 0 Å². The summed E-state index contributed by atoms with van der Waals surface area (Å²) in [5.41, 5.74) is 7.27. The molecule has 1 amide bonds. The number of thiophene rings is 2. The second-order valence-corrected chi connectivity index (χ2v) is 7.01. The third kappa shape index (κ3) is 2.35. The van der Waals surface area contributed by atoms with Gasteiger partial charge in [0.2, 0.25) is 0 Å². The largest absolute Gasteiger partial charge is 0.365 e. The lowest BCUT2D eigenvalue weighted by molar-refractivity contribution is 0.100. The number of carbonyl (C=O) groups is 1. The zero-order valence-electron chi connectivity index (χ0n) is 10.6. The molecule has 3 rings (SSSR count). The quantitative estimate of drug-likeness (QED) is 0.865. The van der Waals surface area contributed by atoms with Gasteiger partial charge in [0.05, 0.1) is 5.56 Å². The number of carbonyl (C=O) groups excluding carboxylic acids is 1. The van der Waals surface area contributed by atoms with Crippen LogP contribution in [0.2, 0.25) is 0 Å². The number of nitrogens with zero attached hydrogens (tertiary/aromatic N) is 1. The zero-order chi connectivity index (χ0) is 13.4. The van der Waals surface area contributed by atoms with E-state index in [1.807, 2.05) is 12.3 Å². The first-order valence-electron chi connectivity index (χ1n) is 6.20. The van der Waals surface area contributed by atoms with Crippen LogP contribution >= 0.6 is 22.7 Å². The molecule has 5 heteroatoms. The van der Waals surface area contributed by atoms with E-state index in [-0.39, 0.29) is 5.91 Å². The van der Waals surface area contributed by atoms with Gasteiger partial charge >= 0.3 is 0 Å². The molecule has 98 valence electrons. The van der Waals surface area contributed by atoms with Gasteiger partial charge < -0.3 is 5.73 Å². The number of amides is 1. The Hall–Kier alpha value is -1.46. The number of aliphatic imine (C=N–C) groups is 1. The topological polar surface area (TPSA) is 55.4 Å². The van der Waals surface area contributed by atoms with E-state index >= 15 is 0 Å². The Morgan fingerprint density at radius 3 is 2.89 bits per heavy atom. The van der Waals surface area contributed by atoms with Crippen LogP contribution in [0.25, 0.3) is 0 Å². The van der Waals surface area contributed by atoms with Crippen molar-refractivity contribution in [2.45, 2.75) is 26.2 Å². The minimum absolute atomic E-state index is 0.353. The molecule has 0 atom stereocenters. The van der Waals surface area contributed by atoms with E-state index in [0.717, 1.165) is 34.7 Å². The highest BCUT2D eigenvalue weighted by atomic mass is 32.1. The summed E-state index contributed by atoms with van der Waals surface area (Å²) < 4.78 is 0. The van der Waals surface area contributed by atoms with Crippen LogP contribution < -0.4 is 5.73 Å². The first kappa shape index (κ1) is 12.6. The van der Waals surface area contributed by atoms with Crippen molar-refractivity contribution < 1.29 is 4.79 Å². The van der Waals surface area contributed by atoms with Crippen LogP contribution in [0.1, 0.15) is 37.0 Å². The van der Waals surface area contributed by atoms with Crippen molar-refractivity contribution in [3.63, 3.8) is 0 Å². The molecule has 0 saturated carbocycles. The van der Waals surface area contributed by atoms with Gasteiger partial charge in [0, 0.05) is 20.8 Å². The normalized spacial score (nSPS) is 14.2. The lowest BCUT2D eigenvalue weighted by Gasteiger charge is -1.97. The van der Waals surface area contributed by atoms with Crippen LogP contribution in [0.15, 0.2) is 17.1 Å². The molecule has 2 N–H and O–H groups in total. The maximum Gasteiger partial charge on any atom is 0.252 e. The molecule has 1 aliphatic carbocycles. The molecule has 1 aliphatic rings. The minimum atomic E-state index is -0.353. The van der Waals surface area contributed by atoms with Crippen molar-refractivity contribution in [2.24, 2.45) is 10.7 Å². The van der Waals surface area contributed by atoms with Gasteiger partial charge in [0.1, 0.15) is 5.00 Å². The molecule has 0 unspecified atom stereocenters. The number of fused-ring (bicyclic) bond motifs is 1. The molecule has 3 nitrogen and oxygen atoms in total. The average Bonchev–Trinajstić information content (AvgIpc) is 3.00. The Kier molecular flexibility index (Phi) is 3.24. The second kappa shape index (κ2) is 4.90. The monoisotopic (exact) mass is 290 g/mol. The molecular formula is C14H14N2OS2. The summed E-state index contributed by atoms with van der Waals surface area (Å²) in [6, 6.07) is 4.10. The number of hydrogen-bond donors (Lipinski definition) is 1. The lowest BCUT2D eigenvalue weighted by Crippen LogP contribution is -2.12. The molecule has 0 spiro atoms. The van der Waals surface area contributed by atoms with Crippen LogP contribution in [-0.2, 0) is 12.8 Å². The highest BCUT2D eigenvalue weighted by Crippen LogP contribution is 2.40. The third-order valence-electron chi connectivity index (χ3n) is 3.22. The summed E-state index contributed by atoms with van der Waals surface area (Å²) in [6.45, 7) is 2.07. The van der Waals surface area contributed by atoms with Gasteiger partial charge in [-0.2, -0.15) is 0 Å². The molecule has 19 heavy (non-hydrogen) atoms. The molecule has 2 aromatic rings. The maximum absolute atomic E-state index is 11.6. The number of nitrogens with two attached hydrogens (primary N) is 1. The summed E-state index contributed by atoms with van der Waals surface area (Å²) in [5, 5.41) is 0.767. The minimum Gasteiger partial charge on any atom is -0.365 e. The van der Waals surface area contributed by atoms with Crippen molar-refractivity contribution >= 4 is 39.8 Å². The summed E-state index contributed by atoms with van der Waals surface area (Å²) in [4.78, 5) is 19.7. The zero-order valence-corrected chi connectivity index (χ0v) is 12.2. The standard InChI is InChI=1S/C14H14N2OS2/c1-8-5-6-9(18-8)7-16-14-12(13(15)17)10-3-2-4-11(10)19-14/h5-7H,2-4H2,1H3,(H2,15,17). The smallest absolute Gasteiger partial charge is 0.252 e. The Morgan fingerprint density at radius 1 is 1.37 bits per heavy atom. The number of aryl methyl sites for hydroxylation is 2. The molecule has 2 aromatic heterocycles. The molecule has 0 aliphatic heterocycles. The molecule has 0 fully saturated rings. The van der Waals surface area contributed by atoms with Crippen molar-refractivity contribution in [1.29, 1.82) is 0 Å². The Balaban J connectivity index is 1.97. The lowest BCUT2D eigenvalue weighted by atomic mass is 10.1. The third-order valence-corrected chi connectivity index (χ3v) is 5.35. The van der Waals surface area contributed by atoms with Gasteiger partial charge in [0.15, 0.2) is 0 Å². The highest BCUT2D eigenvalue weighted by Gasteiger charge is 2.24. The van der Waals surface area contributed by atoms with E-state index in [1.165, 1.54) is 9.75 Å². The number of primary amides is 1. The summed E-state index contributed by atoms with van der Waals surface area (Å²) in [5.74, 6) is -0.353. The Morgan fingerprint density at radius 2 is 2.21 bits per heavy atom. The highest BCUT2D eigenvalue weighted by molar-refractivity contribution is 7.16. The van der Waals surface area contributed by atoms with Crippen LogP contribution in [-0.4, -0.2) is 12.1 Å². The first-order valence-corrected chi connectivity index (χ1v) is 7.83. The van der Waals surface area contributed by atoms with E-state index in [2.05, 4.69) is 18.0 Å². The van der Waals surface area contributed by atoms with Gasteiger partial charge in [-0.05, 0) is 43.9 Å². The fourth-order valence-electron chi connectivity index (χ4n) is 2.38. The fourth-order valence-corrected chi connectivity index (χ4v) is 4.37. The second-order valence-electron chi connectivity index (χ2n) is 4.61. The van der Waals surface area contributed by atoms with Crippen LogP contribution in [0.3, 0.4) is 0 Å². The summed E-state index contributed by atoms with van der Waals surface area (Å²) in [6.07, 6.45) is 4.95. The van der Waals surface area contributed by atoms with Gasteiger partial charge in [-0.25, -0.2) is 4.99 Å². The van der Waals surface area contributed by atoms with Crippen LogP contribution in [0.4, 0.5) is 5.00 Å². The molecule has 0 radical (unpaired) electrons. The van der Waals surface area contributed by atoms with E-state index in [1.54, 1.807) is 22.7 Å². The van der Waals surface area contributed by atoms with Crippen LogP contribution in [0, 0.1) is 6.92 Å². The van der Waals surface area contributed by atoms with Gasteiger partial charge in [-0.1, -0.05) is 0 Å². The Labute approximate surface area is 119 Å². The molecule has 0 aromatic carbocycles. The van der Waals surface area contributed by atoms with E-state index in [0.29, 0.717) is 5.56 Å². The fraction of sp³-hybridized carbons (Fsp3) is 0.286. The van der Waals surface area contributed by atoms with Gasteiger partial charge in [0.25, 0.3) is 5.91 Å². The summed E-state index contributed by atoms with van der Waals surface area (Å²) >= 11 is 3.30. The first-order chi connectivity index (χ1) is 9.15. The van der Waals surface area contributed by atoms with E-state index < -0.39 is 0 Å². The SMILES string of the molecule is Cc1ccc(C=Nc2sc3c(c2C(N)=O)CCC3)s1. The van der Waals surface area contributed by atoms with E-state index in [4.69, 9.17) is 5.73 Å². The van der Waals surface area contributed by atoms with Crippen molar-refractivity contribution in [3.05, 3.63) is 37.9 Å². The molecule has 0 saturated heterocycles. The van der Waals surface area contributed by atoms with Crippen molar-refractivity contribution in [3.8, 4) is 0 Å². The van der Waals surface area contributed by atoms with E-state index in [9.17, 15) is 4.79 Å². The van der Waals surface area contributed by atoms with Gasteiger partial charge in [-0.15, -0.1) is 22.7 Å². The summed E-state index contributed by atoms with van der Waals surface area (Å²) in [7, 11) is 0. The van der Waals surface area contributed by atoms with Crippen LogP contribution in [0.5, 0.6) is 0 Å². The number of rotatable bonds is 3. The van der Waals surface area contributed by atoms with Gasteiger partial charge in [-0.3, -0.25) is 4.79 Å². The average molecular weight is 290 g/mol. The number of hydrogen-bond acceptors (Lipinski definition) is 4. The maximum atomic E-state index is 11.6.